The molecule has 1 N–H and O–H groups in total. The van der Waals surface area contributed by atoms with E-state index in [1.54, 1.807) is 12.3 Å². The van der Waals surface area contributed by atoms with Gasteiger partial charge in [0.05, 0.1) is 18.2 Å². The van der Waals surface area contributed by atoms with Crippen molar-refractivity contribution in [2.75, 3.05) is 0 Å². The third-order valence-corrected chi connectivity index (χ3v) is 2.82. The molecule has 0 bridgehead atoms. The minimum atomic E-state index is -0.335. The van der Waals surface area contributed by atoms with Crippen LogP contribution in [-0.4, -0.2) is 9.97 Å². The highest BCUT2D eigenvalue weighted by Crippen LogP contribution is 2.31. The molecule has 0 spiro atoms. The summed E-state index contributed by atoms with van der Waals surface area (Å²) in [6.07, 6.45) is 3.12. The number of aromatic nitrogens is 2. The molecule has 2 rings (SSSR count). The van der Waals surface area contributed by atoms with Crippen LogP contribution in [0.1, 0.15) is 25.3 Å². The summed E-state index contributed by atoms with van der Waals surface area (Å²) in [4.78, 5) is 6.77. The Morgan fingerprint density at radius 2 is 2.12 bits per heavy atom. The predicted molar refractivity (Wildman–Crippen MR) is 63.1 cm³/mol. The van der Waals surface area contributed by atoms with Gasteiger partial charge in [-0.1, -0.05) is 25.4 Å². The third kappa shape index (κ3) is 1.95. The normalized spacial score (nSPS) is 11.1. The van der Waals surface area contributed by atoms with E-state index < -0.39 is 0 Å². The number of hydrogen-bond acceptors (Lipinski definition) is 1. The van der Waals surface area contributed by atoms with Crippen LogP contribution in [0.5, 0.6) is 0 Å². The molecular formula is C12H12ClFN2. The number of imidazole rings is 1. The van der Waals surface area contributed by atoms with Gasteiger partial charge in [0.15, 0.2) is 0 Å². The number of nitrogens with zero attached hydrogens (tertiary/aromatic N) is 1. The lowest BCUT2D eigenvalue weighted by Crippen LogP contribution is -1.93. The van der Waals surface area contributed by atoms with Gasteiger partial charge in [0.25, 0.3) is 0 Å². The van der Waals surface area contributed by atoms with Gasteiger partial charge in [-0.15, -0.1) is 0 Å². The Morgan fingerprint density at radius 1 is 1.38 bits per heavy atom. The topological polar surface area (TPSA) is 28.7 Å². The average Bonchev–Trinajstić information content (AvgIpc) is 2.70. The first kappa shape index (κ1) is 11.1. The van der Waals surface area contributed by atoms with Crippen LogP contribution in [0.25, 0.3) is 11.3 Å². The highest BCUT2D eigenvalue weighted by Gasteiger charge is 2.13. The summed E-state index contributed by atoms with van der Waals surface area (Å²) in [6, 6.07) is 3.13. The van der Waals surface area contributed by atoms with Crippen molar-refractivity contribution in [2.24, 2.45) is 0 Å². The van der Waals surface area contributed by atoms with Gasteiger partial charge in [0, 0.05) is 10.6 Å². The second kappa shape index (κ2) is 4.26. The summed E-state index contributed by atoms with van der Waals surface area (Å²) in [5, 5.41) is 0.468. The van der Waals surface area contributed by atoms with E-state index in [1.165, 1.54) is 12.4 Å². The van der Waals surface area contributed by atoms with E-state index in [0.717, 1.165) is 5.56 Å². The van der Waals surface area contributed by atoms with Crippen LogP contribution >= 0.6 is 11.6 Å². The molecule has 16 heavy (non-hydrogen) atoms. The minimum Gasteiger partial charge on any atom is -0.345 e. The summed E-state index contributed by atoms with van der Waals surface area (Å²) in [5.74, 6) is -0.0755. The molecule has 84 valence electrons. The van der Waals surface area contributed by atoms with Gasteiger partial charge in [0.2, 0.25) is 0 Å². The molecule has 0 amide bonds. The fourth-order valence-electron chi connectivity index (χ4n) is 1.62. The molecule has 2 nitrogen and oxygen atoms in total. The van der Waals surface area contributed by atoms with Crippen LogP contribution in [0.15, 0.2) is 24.7 Å². The van der Waals surface area contributed by atoms with E-state index >= 15 is 0 Å². The number of aromatic amines is 1. The van der Waals surface area contributed by atoms with E-state index in [0.29, 0.717) is 16.3 Å². The van der Waals surface area contributed by atoms with Gasteiger partial charge in [-0.25, -0.2) is 9.37 Å². The molecule has 1 aromatic carbocycles. The number of hydrogen-bond donors (Lipinski definition) is 1. The van der Waals surface area contributed by atoms with E-state index in [9.17, 15) is 4.39 Å². The highest BCUT2D eigenvalue weighted by molar-refractivity contribution is 6.31. The van der Waals surface area contributed by atoms with E-state index in [-0.39, 0.29) is 11.7 Å². The van der Waals surface area contributed by atoms with Gasteiger partial charge in [-0.05, 0) is 23.6 Å². The summed E-state index contributed by atoms with van der Waals surface area (Å²) in [6.45, 7) is 4.05. The summed E-state index contributed by atoms with van der Waals surface area (Å²) in [7, 11) is 0. The Bertz CT molecular complexity index is 492. The lowest BCUT2D eigenvalue weighted by atomic mass is 9.99. The van der Waals surface area contributed by atoms with Gasteiger partial charge in [-0.2, -0.15) is 0 Å². The van der Waals surface area contributed by atoms with Crippen molar-refractivity contribution in [3.05, 3.63) is 41.1 Å². The molecule has 0 fully saturated rings. The number of H-pyrrole nitrogens is 1. The second-order valence-electron chi connectivity index (χ2n) is 3.97. The van der Waals surface area contributed by atoms with E-state index in [4.69, 9.17) is 11.6 Å². The highest BCUT2D eigenvalue weighted by atomic mass is 35.5. The fourth-order valence-corrected chi connectivity index (χ4v) is 1.99. The molecule has 2 aromatic rings. The molecule has 4 heteroatoms. The number of nitrogens with one attached hydrogen (secondary N) is 1. The molecule has 0 aliphatic rings. The van der Waals surface area contributed by atoms with Crippen molar-refractivity contribution in [2.45, 2.75) is 19.8 Å². The van der Waals surface area contributed by atoms with Gasteiger partial charge in [-0.3, -0.25) is 0 Å². The zero-order valence-electron chi connectivity index (χ0n) is 9.09. The first-order valence-corrected chi connectivity index (χ1v) is 5.45. The summed E-state index contributed by atoms with van der Waals surface area (Å²) in [5.41, 5.74) is 2.11. The summed E-state index contributed by atoms with van der Waals surface area (Å²) < 4.78 is 13.7. The average molecular weight is 239 g/mol. The zero-order valence-corrected chi connectivity index (χ0v) is 9.85. The van der Waals surface area contributed by atoms with Crippen LogP contribution in [0.2, 0.25) is 5.02 Å². The molecule has 0 saturated carbocycles. The fraction of sp³-hybridized carbons (Fsp3) is 0.250. The number of benzene rings is 1. The third-order valence-electron chi connectivity index (χ3n) is 2.50. The van der Waals surface area contributed by atoms with Crippen LogP contribution in [0.4, 0.5) is 4.39 Å². The Labute approximate surface area is 98.5 Å². The standard InChI is InChI=1S/C12H12ClFN2/c1-7(2)8-3-9(11(14)4-10(8)13)12-5-15-6-16-12/h3-7H,1-2H3,(H,15,16). The zero-order chi connectivity index (χ0) is 11.7. The molecule has 0 atom stereocenters. The summed E-state index contributed by atoms with van der Waals surface area (Å²) >= 11 is 5.99. The molecule has 0 saturated heterocycles. The van der Waals surface area contributed by atoms with Crippen molar-refractivity contribution < 1.29 is 4.39 Å². The Morgan fingerprint density at radius 3 is 2.69 bits per heavy atom. The Balaban J connectivity index is 2.58. The van der Waals surface area contributed by atoms with Crippen LogP contribution in [0.3, 0.4) is 0 Å². The molecular weight excluding hydrogens is 227 g/mol. The Hall–Kier alpha value is -1.35. The molecule has 1 heterocycles. The van der Waals surface area contributed by atoms with E-state index in [2.05, 4.69) is 9.97 Å². The Kier molecular flexibility index (Phi) is 2.97. The van der Waals surface area contributed by atoms with Crippen LogP contribution < -0.4 is 0 Å². The van der Waals surface area contributed by atoms with Gasteiger partial charge >= 0.3 is 0 Å². The molecule has 0 radical (unpaired) electrons. The minimum absolute atomic E-state index is 0.259. The van der Waals surface area contributed by atoms with E-state index in [1.807, 2.05) is 13.8 Å². The number of halogens is 2. The quantitative estimate of drug-likeness (QED) is 0.842. The first-order chi connectivity index (χ1) is 7.59. The first-order valence-electron chi connectivity index (χ1n) is 5.07. The smallest absolute Gasteiger partial charge is 0.134 e. The molecule has 1 aromatic heterocycles. The monoisotopic (exact) mass is 238 g/mol. The van der Waals surface area contributed by atoms with Gasteiger partial charge < -0.3 is 4.98 Å². The van der Waals surface area contributed by atoms with Crippen molar-refractivity contribution in [1.29, 1.82) is 0 Å². The number of rotatable bonds is 2. The SMILES string of the molecule is CC(C)c1cc(-c2cnc[nH]2)c(F)cc1Cl. The van der Waals surface area contributed by atoms with Gasteiger partial charge in [0.1, 0.15) is 5.82 Å². The van der Waals surface area contributed by atoms with Crippen molar-refractivity contribution in [3.63, 3.8) is 0 Å². The van der Waals surface area contributed by atoms with Crippen molar-refractivity contribution >= 4 is 11.6 Å². The molecule has 0 unspecified atom stereocenters. The largest absolute Gasteiger partial charge is 0.345 e. The maximum atomic E-state index is 13.7. The molecule has 0 aliphatic heterocycles. The maximum Gasteiger partial charge on any atom is 0.134 e. The van der Waals surface area contributed by atoms with Crippen LogP contribution in [-0.2, 0) is 0 Å². The molecule has 0 aliphatic carbocycles. The second-order valence-corrected chi connectivity index (χ2v) is 4.38. The van der Waals surface area contributed by atoms with Crippen molar-refractivity contribution in [1.82, 2.24) is 9.97 Å². The lowest BCUT2D eigenvalue weighted by molar-refractivity contribution is 0.629. The maximum absolute atomic E-state index is 13.7. The van der Waals surface area contributed by atoms with Crippen LogP contribution in [0, 0.1) is 5.82 Å². The van der Waals surface area contributed by atoms with Crippen molar-refractivity contribution in [3.8, 4) is 11.3 Å². The lowest BCUT2D eigenvalue weighted by Gasteiger charge is -2.10. The predicted octanol–water partition coefficient (Wildman–Crippen LogP) is 3.99.